The largest absolute Gasteiger partial charge is 0.451 e. The number of benzene rings is 3. The number of amides is 4. The monoisotopic (exact) mass is 682 g/mol. The number of carbonyl (C=O) groups is 4. The zero-order valence-electron chi connectivity index (χ0n) is 26.2. The first-order chi connectivity index (χ1) is 23.6. The predicted octanol–water partition coefficient (Wildman–Crippen LogP) is 1.80. The summed E-state index contributed by atoms with van der Waals surface area (Å²) in [6, 6.07) is 20.8. The second kappa shape index (κ2) is 14.5. The molecule has 49 heavy (non-hydrogen) atoms. The molecule has 252 valence electrons. The molecule has 3 aromatic carbocycles. The van der Waals surface area contributed by atoms with Crippen molar-refractivity contribution in [1.29, 1.82) is 0 Å². The van der Waals surface area contributed by atoms with Gasteiger partial charge in [0, 0.05) is 17.4 Å². The number of nitrogens with one attached hydrogen (secondary N) is 3. The number of para-hydroxylation sites is 1. The fraction of sp³-hybridized carbons (Fsp3) is 0.250. The van der Waals surface area contributed by atoms with Gasteiger partial charge in [-0.25, -0.2) is 0 Å². The van der Waals surface area contributed by atoms with E-state index < -0.39 is 65.9 Å². The van der Waals surface area contributed by atoms with Crippen LogP contribution in [0.4, 0.5) is 0 Å². The SMILES string of the molecule is C=C1SCN(C(=O)[C@@H](O)[C@H](Cc2ccccc2)NC(=O)CNC(=O)c2cc(=O)c3ccccc3o2)[C@@H]1C(=O)N[C@H]1c2ccccc2C[C@H]1O. The summed E-state index contributed by atoms with van der Waals surface area (Å²) < 4.78 is 5.54. The van der Waals surface area contributed by atoms with Crippen LogP contribution in [0.15, 0.2) is 106 Å². The summed E-state index contributed by atoms with van der Waals surface area (Å²) in [5.74, 6) is -3.11. The average Bonchev–Trinajstić information content (AvgIpc) is 3.65. The number of fused-ring (bicyclic) bond motifs is 2. The molecule has 0 saturated carbocycles. The smallest absolute Gasteiger partial charge is 0.287 e. The minimum Gasteiger partial charge on any atom is -0.451 e. The number of nitrogens with zero attached hydrogens (tertiary/aromatic N) is 1. The van der Waals surface area contributed by atoms with Crippen molar-refractivity contribution in [2.45, 2.75) is 43.2 Å². The van der Waals surface area contributed by atoms with E-state index in [1.54, 1.807) is 54.6 Å². The minimum atomic E-state index is -1.78. The number of hydrogen-bond acceptors (Lipinski definition) is 9. The number of carbonyl (C=O) groups excluding carboxylic acids is 4. The summed E-state index contributed by atoms with van der Waals surface area (Å²) in [4.78, 5) is 67.3. The molecule has 6 rings (SSSR count). The summed E-state index contributed by atoms with van der Waals surface area (Å²) in [5, 5.41) is 30.3. The standard InChI is InChI=1S/C36H34N4O8S/c1-20-32(35(46)39-31-23-12-6-5-11-22(23)16-27(31)42)40(19-49-20)36(47)33(44)25(15-21-9-3-2-4-10-21)38-30(43)18-37-34(45)29-17-26(41)24-13-7-8-14-28(24)48-29/h2-14,17,25,27,31-33,42,44H,1,15-16,18-19H2,(H,37,45)(H,38,43)(H,39,46)/t25-,27+,31-,32-,33-/m0/s1. The predicted molar refractivity (Wildman–Crippen MR) is 182 cm³/mol. The number of aliphatic hydroxyl groups excluding tert-OH is 2. The normalized spacial score (nSPS) is 19.6. The van der Waals surface area contributed by atoms with E-state index in [9.17, 15) is 34.2 Å². The molecule has 1 aliphatic heterocycles. The van der Waals surface area contributed by atoms with Gasteiger partial charge < -0.3 is 35.5 Å². The van der Waals surface area contributed by atoms with E-state index >= 15 is 0 Å². The Morgan fingerprint density at radius 2 is 1.71 bits per heavy atom. The van der Waals surface area contributed by atoms with Gasteiger partial charge in [-0.05, 0) is 35.2 Å². The lowest BCUT2D eigenvalue weighted by Crippen LogP contribution is -2.57. The van der Waals surface area contributed by atoms with E-state index in [1.165, 1.54) is 16.7 Å². The van der Waals surface area contributed by atoms with Crippen LogP contribution in [0.5, 0.6) is 0 Å². The summed E-state index contributed by atoms with van der Waals surface area (Å²) in [7, 11) is 0. The Balaban J connectivity index is 1.14. The molecule has 5 atom stereocenters. The van der Waals surface area contributed by atoms with Crippen LogP contribution in [0.2, 0.25) is 0 Å². The van der Waals surface area contributed by atoms with Crippen LogP contribution in [0.1, 0.15) is 33.3 Å². The highest BCUT2D eigenvalue weighted by Crippen LogP contribution is 2.35. The molecular formula is C36H34N4O8S. The van der Waals surface area contributed by atoms with Gasteiger partial charge in [-0.1, -0.05) is 73.3 Å². The molecule has 0 radical (unpaired) electrons. The van der Waals surface area contributed by atoms with Crippen molar-refractivity contribution in [2.75, 3.05) is 12.4 Å². The highest BCUT2D eigenvalue weighted by molar-refractivity contribution is 8.03. The topological polar surface area (TPSA) is 178 Å². The van der Waals surface area contributed by atoms with Crippen LogP contribution in [0.25, 0.3) is 11.0 Å². The third-order valence-corrected chi connectivity index (χ3v) is 9.59. The lowest BCUT2D eigenvalue weighted by molar-refractivity contribution is -0.146. The summed E-state index contributed by atoms with van der Waals surface area (Å²) in [6.07, 6.45) is -2.20. The third-order valence-electron chi connectivity index (χ3n) is 8.59. The molecule has 1 saturated heterocycles. The molecule has 1 aromatic heterocycles. The quantitative estimate of drug-likeness (QED) is 0.167. The van der Waals surface area contributed by atoms with Gasteiger partial charge in [0.1, 0.15) is 11.6 Å². The molecule has 0 bridgehead atoms. The maximum Gasteiger partial charge on any atom is 0.287 e. The van der Waals surface area contributed by atoms with Gasteiger partial charge >= 0.3 is 0 Å². The molecule has 1 fully saturated rings. The van der Waals surface area contributed by atoms with Crippen molar-refractivity contribution >= 4 is 46.4 Å². The van der Waals surface area contributed by atoms with E-state index in [-0.39, 0.29) is 23.6 Å². The second-order valence-electron chi connectivity index (χ2n) is 11.9. The molecular weight excluding hydrogens is 648 g/mol. The zero-order valence-corrected chi connectivity index (χ0v) is 27.0. The molecule has 0 spiro atoms. The molecule has 2 heterocycles. The van der Waals surface area contributed by atoms with Crippen LogP contribution in [0, 0.1) is 0 Å². The van der Waals surface area contributed by atoms with Crippen molar-refractivity contribution in [2.24, 2.45) is 0 Å². The van der Waals surface area contributed by atoms with Crippen molar-refractivity contribution < 1.29 is 33.8 Å². The van der Waals surface area contributed by atoms with Crippen LogP contribution in [-0.2, 0) is 27.2 Å². The Bertz CT molecular complexity index is 1980. The zero-order chi connectivity index (χ0) is 34.7. The van der Waals surface area contributed by atoms with Crippen molar-refractivity contribution in [1.82, 2.24) is 20.9 Å². The number of hydrogen-bond donors (Lipinski definition) is 5. The molecule has 0 unspecified atom stereocenters. The van der Waals surface area contributed by atoms with Gasteiger partial charge in [0.15, 0.2) is 17.3 Å². The Labute approximate surface area is 285 Å². The van der Waals surface area contributed by atoms with Gasteiger partial charge in [0.25, 0.3) is 11.8 Å². The first-order valence-electron chi connectivity index (χ1n) is 15.6. The fourth-order valence-electron chi connectivity index (χ4n) is 6.11. The Hall–Kier alpha value is -5.24. The van der Waals surface area contributed by atoms with Crippen LogP contribution < -0.4 is 21.4 Å². The number of thioether (sulfide) groups is 1. The van der Waals surface area contributed by atoms with Crippen molar-refractivity contribution in [3.8, 4) is 0 Å². The highest BCUT2D eigenvalue weighted by atomic mass is 32.2. The summed E-state index contributed by atoms with van der Waals surface area (Å²) in [5.41, 5.74) is 2.22. The first kappa shape index (κ1) is 33.7. The summed E-state index contributed by atoms with van der Waals surface area (Å²) >= 11 is 1.18. The van der Waals surface area contributed by atoms with Crippen molar-refractivity contribution in [3.63, 3.8) is 0 Å². The average molecular weight is 683 g/mol. The molecule has 1 aliphatic carbocycles. The molecule has 13 heteroatoms. The third kappa shape index (κ3) is 7.28. The van der Waals surface area contributed by atoms with Crippen LogP contribution in [-0.4, -0.2) is 75.5 Å². The van der Waals surface area contributed by atoms with Gasteiger partial charge in [-0.15, -0.1) is 11.8 Å². The highest BCUT2D eigenvalue weighted by Gasteiger charge is 2.43. The number of aliphatic hydroxyl groups is 2. The van der Waals surface area contributed by atoms with E-state index in [1.807, 2.05) is 24.3 Å². The van der Waals surface area contributed by atoms with Gasteiger partial charge in [-0.3, -0.25) is 24.0 Å². The van der Waals surface area contributed by atoms with Gasteiger partial charge in [0.2, 0.25) is 11.8 Å². The number of rotatable bonds is 10. The van der Waals surface area contributed by atoms with Gasteiger partial charge in [-0.2, -0.15) is 0 Å². The molecule has 5 N–H and O–H groups in total. The lowest BCUT2D eigenvalue weighted by Gasteiger charge is -2.31. The maximum absolute atomic E-state index is 13.8. The Morgan fingerprint density at radius 3 is 2.51 bits per heavy atom. The molecule has 4 aromatic rings. The Morgan fingerprint density at radius 1 is 1.00 bits per heavy atom. The van der Waals surface area contributed by atoms with Crippen LogP contribution in [0.3, 0.4) is 0 Å². The fourth-order valence-corrected chi connectivity index (χ4v) is 7.08. The maximum atomic E-state index is 13.8. The van der Waals surface area contributed by atoms with Gasteiger partial charge in [0.05, 0.1) is 36.0 Å². The lowest BCUT2D eigenvalue weighted by atomic mass is 9.99. The summed E-state index contributed by atoms with van der Waals surface area (Å²) in [6.45, 7) is 3.41. The van der Waals surface area contributed by atoms with E-state index in [0.29, 0.717) is 22.3 Å². The Kier molecular flexibility index (Phi) is 9.95. The van der Waals surface area contributed by atoms with Crippen molar-refractivity contribution in [3.05, 3.63) is 129 Å². The molecule has 4 amide bonds. The molecule has 12 nitrogen and oxygen atoms in total. The van der Waals surface area contributed by atoms with Crippen LogP contribution >= 0.6 is 11.8 Å². The molecule has 2 aliphatic rings. The first-order valence-corrected chi connectivity index (χ1v) is 16.6. The minimum absolute atomic E-state index is 0.0373. The van der Waals surface area contributed by atoms with E-state index in [2.05, 4.69) is 22.5 Å². The second-order valence-corrected chi connectivity index (χ2v) is 12.9. The van der Waals surface area contributed by atoms with E-state index in [4.69, 9.17) is 4.42 Å². The van der Waals surface area contributed by atoms with E-state index in [0.717, 1.165) is 17.2 Å².